The van der Waals surface area contributed by atoms with Crippen LogP contribution in [0, 0.1) is 0 Å². The topological polar surface area (TPSA) is 20.3 Å². The van der Waals surface area contributed by atoms with E-state index in [1.54, 1.807) is 0 Å². The zero-order valence-corrected chi connectivity index (χ0v) is 10.4. The molecule has 0 spiro atoms. The molecule has 2 nitrogen and oxygen atoms in total. The highest BCUT2D eigenvalue weighted by molar-refractivity contribution is 6.18. The van der Waals surface area contributed by atoms with Gasteiger partial charge in [-0.25, -0.2) is 0 Å². The number of amides is 1. The fourth-order valence-corrected chi connectivity index (χ4v) is 2.36. The summed E-state index contributed by atoms with van der Waals surface area (Å²) in [6.45, 7) is 4.67. The maximum Gasteiger partial charge on any atom is 0.237 e. The Hall–Kier alpha value is -1.02. The van der Waals surface area contributed by atoms with E-state index in [2.05, 4.69) is 0 Å². The first-order valence-electron chi connectivity index (χ1n) is 5.56. The molecule has 1 aliphatic rings. The van der Waals surface area contributed by atoms with E-state index in [1.807, 2.05) is 43.0 Å². The van der Waals surface area contributed by atoms with Gasteiger partial charge in [0.2, 0.25) is 5.91 Å². The zero-order valence-electron chi connectivity index (χ0n) is 9.66. The summed E-state index contributed by atoms with van der Waals surface area (Å²) in [5.74, 6) is 0.769. The molecule has 0 bridgehead atoms. The van der Waals surface area contributed by atoms with Crippen LogP contribution in [0.25, 0.3) is 0 Å². The van der Waals surface area contributed by atoms with E-state index in [4.69, 9.17) is 11.6 Å². The monoisotopic (exact) mass is 237 g/mol. The largest absolute Gasteiger partial charge is 0.311 e. The summed E-state index contributed by atoms with van der Waals surface area (Å²) in [6, 6.07) is 8.00. The van der Waals surface area contributed by atoms with Crippen molar-refractivity contribution >= 4 is 23.2 Å². The van der Waals surface area contributed by atoms with E-state index in [0.717, 1.165) is 17.7 Å². The Morgan fingerprint density at radius 2 is 2.00 bits per heavy atom. The molecule has 1 aliphatic heterocycles. The van der Waals surface area contributed by atoms with E-state index in [1.165, 1.54) is 0 Å². The van der Waals surface area contributed by atoms with E-state index < -0.39 is 5.41 Å². The first-order valence-corrected chi connectivity index (χ1v) is 6.10. The number of halogens is 1. The van der Waals surface area contributed by atoms with Crippen LogP contribution in [0.3, 0.4) is 0 Å². The van der Waals surface area contributed by atoms with Crippen molar-refractivity contribution < 1.29 is 4.79 Å². The number of para-hydroxylation sites is 1. The van der Waals surface area contributed by atoms with Gasteiger partial charge in [-0.05, 0) is 31.9 Å². The molecule has 0 radical (unpaired) electrons. The van der Waals surface area contributed by atoms with Gasteiger partial charge in [0.25, 0.3) is 0 Å². The van der Waals surface area contributed by atoms with Crippen LogP contribution in [-0.4, -0.2) is 18.3 Å². The molecule has 86 valence electrons. The molecule has 1 aromatic rings. The number of fused-ring (bicyclic) bond motifs is 1. The number of hydrogen-bond donors (Lipinski definition) is 0. The predicted molar refractivity (Wildman–Crippen MR) is 67.2 cm³/mol. The molecule has 0 aliphatic carbocycles. The van der Waals surface area contributed by atoms with Crippen molar-refractivity contribution in [1.29, 1.82) is 0 Å². The normalized spacial score (nSPS) is 17.7. The molecule has 1 heterocycles. The number of hydrogen-bond acceptors (Lipinski definition) is 1. The van der Waals surface area contributed by atoms with Crippen LogP contribution in [-0.2, 0) is 10.2 Å². The third-order valence-corrected chi connectivity index (χ3v) is 3.43. The average Bonchev–Trinajstić information content (AvgIpc) is 2.47. The lowest BCUT2D eigenvalue weighted by Gasteiger charge is -2.19. The number of carbonyl (C=O) groups is 1. The molecule has 1 amide bonds. The smallest absolute Gasteiger partial charge is 0.237 e. The first kappa shape index (κ1) is 11.5. The lowest BCUT2D eigenvalue weighted by molar-refractivity contribution is -0.122. The number of benzene rings is 1. The second-order valence-corrected chi connectivity index (χ2v) is 5.02. The molecule has 0 atom stereocenters. The third-order valence-electron chi connectivity index (χ3n) is 3.16. The molecule has 0 saturated heterocycles. The molecule has 0 N–H and O–H groups in total. The summed E-state index contributed by atoms with van der Waals surface area (Å²) < 4.78 is 0. The molecule has 1 aromatic carbocycles. The molecular weight excluding hydrogens is 222 g/mol. The van der Waals surface area contributed by atoms with Crippen LogP contribution in [0.15, 0.2) is 24.3 Å². The number of alkyl halides is 1. The van der Waals surface area contributed by atoms with Crippen molar-refractivity contribution in [2.75, 3.05) is 17.3 Å². The van der Waals surface area contributed by atoms with Gasteiger partial charge in [0, 0.05) is 18.1 Å². The van der Waals surface area contributed by atoms with Gasteiger partial charge in [-0.2, -0.15) is 0 Å². The molecule has 0 aromatic heterocycles. The van der Waals surface area contributed by atoms with Crippen LogP contribution < -0.4 is 4.90 Å². The van der Waals surface area contributed by atoms with Crippen molar-refractivity contribution in [3.05, 3.63) is 29.8 Å². The highest BCUT2D eigenvalue weighted by Gasteiger charge is 2.42. The minimum absolute atomic E-state index is 0.179. The lowest BCUT2D eigenvalue weighted by Crippen LogP contribution is -2.36. The standard InChI is InChI=1S/C13H16ClNO/c1-13(2)10-6-3-4-7-11(10)15(12(13)16)9-5-8-14/h3-4,6-7H,5,8-9H2,1-2H3. The van der Waals surface area contributed by atoms with Gasteiger partial charge in [0.05, 0.1) is 5.41 Å². The second kappa shape index (κ2) is 4.10. The third kappa shape index (κ3) is 1.61. The number of carbonyl (C=O) groups excluding carboxylic acids is 1. The van der Waals surface area contributed by atoms with Crippen molar-refractivity contribution in [3.63, 3.8) is 0 Å². The Bertz CT molecular complexity index is 414. The highest BCUT2D eigenvalue weighted by Crippen LogP contribution is 2.41. The Labute approximate surface area is 101 Å². The Morgan fingerprint density at radius 1 is 1.31 bits per heavy atom. The van der Waals surface area contributed by atoms with Gasteiger partial charge in [-0.1, -0.05) is 18.2 Å². The quantitative estimate of drug-likeness (QED) is 0.741. The summed E-state index contributed by atoms with van der Waals surface area (Å²) in [7, 11) is 0. The lowest BCUT2D eigenvalue weighted by atomic mass is 9.86. The van der Waals surface area contributed by atoms with E-state index in [9.17, 15) is 4.79 Å². The van der Waals surface area contributed by atoms with E-state index >= 15 is 0 Å². The van der Waals surface area contributed by atoms with Crippen molar-refractivity contribution in [2.45, 2.75) is 25.7 Å². The summed E-state index contributed by atoms with van der Waals surface area (Å²) in [5.41, 5.74) is 1.76. The maximum absolute atomic E-state index is 12.3. The second-order valence-electron chi connectivity index (χ2n) is 4.64. The molecule has 0 saturated carbocycles. The van der Waals surface area contributed by atoms with Crippen LogP contribution in [0.5, 0.6) is 0 Å². The van der Waals surface area contributed by atoms with Gasteiger partial charge in [-0.15, -0.1) is 11.6 Å². The Kier molecular flexibility index (Phi) is 2.94. The zero-order chi connectivity index (χ0) is 11.8. The minimum atomic E-state index is -0.400. The van der Waals surface area contributed by atoms with Gasteiger partial charge in [0.15, 0.2) is 0 Å². The molecule has 0 fully saturated rings. The summed E-state index contributed by atoms with van der Waals surface area (Å²) in [4.78, 5) is 14.1. The van der Waals surface area contributed by atoms with Gasteiger partial charge in [0.1, 0.15) is 0 Å². The maximum atomic E-state index is 12.3. The molecule has 2 rings (SSSR count). The predicted octanol–water partition coefficient (Wildman–Crippen LogP) is 2.94. The van der Waals surface area contributed by atoms with Gasteiger partial charge in [-0.3, -0.25) is 4.79 Å². The number of rotatable bonds is 3. The van der Waals surface area contributed by atoms with Crippen molar-refractivity contribution in [3.8, 4) is 0 Å². The molecule has 3 heteroatoms. The fourth-order valence-electron chi connectivity index (χ4n) is 2.24. The fraction of sp³-hybridized carbons (Fsp3) is 0.462. The Balaban J connectivity index is 2.39. The van der Waals surface area contributed by atoms with Crippen LogP contribution in [0.1, 0.15) is 25.8 Å². The first-order chi connectivity index (χ1) is 7.59. The van der Waals surface area contributed by atoms with Crippen molar-refractivity contribution in [1.82, 2.24) is 0 Å². The Morgan fingerprint density at radius 3 is 2.69 bits per heavy atom. The number of anilines is 1. The van der Waals surface area contributed by atoms with Gasteiger partial charge < -0.3 is 4.90 Å². The van der Waals surface area contributed by atoms with E-state index in [0.29, 0.717) is 12.4 Å². The molecule has 16 heavy (non-hydrogen) atoms. The number of nitrogens with zero attached hydrogens (tertiary/aromatic N) is 1. The molecular formula is C13H16ClNO. The summed E-state index contributed by atoms with van der Waals surface area (Å²) in [6.07, 6.45) is 0.831. The van der Waals surface area contributed by atoms with Crippen LogP contribution in [0.4, 0.5) is 5.69 Å². The summed E-state index contributed by atoms with van der Waals surface area (Å²) in [5, 5.41) is 0. The highest BCUT2D eigenvalue weighted by atomic mass is 35.5. The van der Waals surface area contributed by atoms with E-state index in [-0.39, 0.29) is 5.91 Å². The summed E-state index contributed by atoms with van der Waals surface area (Å²) >= 11 is 5.69. The minimum Gasteiger partial charge on any atom is -0.311 e. The van der Waals surface area contributed by atoms with Crippen molar-refractivity contribution in [2.24, 2.45) is 0 Å². The van der Waals surface area contributed by atoms with Crippen LogP contribution in [0.2, 0.25) is 0 Å². The average molecular weight is 238 g/mol. The van der Waals surface area contributed by atoms with Crippen LogP contribution >= 0.6 is 11.6 Å². The van der Waals surface area contributed by atoms with Gasteiger partial charge >= 0.3 is 0 Å². The molecule has 0 unspecified atom stereocenters. The SMILES string of the molecule is CC1(C)C(=O)N(CCCCl)c2ccccc21.